The first-order valence-electron chi connectivity index (χ1n) is 3.35. The van der Waals surface area contributed by atoms with Gasteiger partial charge in [-0.2, -0.15) is 5.26 Å². The molecule has 0 saturated heterocycles. The number of hydrogen-bond acceptors (Lipinski definition) is 3. The van der Waals surface area contributed by atoms with Gasteiger partial charge in [-0.3, -0.25) is 0 Å². The first kappa shape index (κ1) is 9.68. The van der Waals surface area contributed by atoms with E-state index >= 15 is 0 Å². The molecule has 0 fully saturated rings. The minimum Gasteiger partial charge on any atom is -0.224 e. The molecule has 0 aliphatic heterocycles. The highest BCUT2D eigenvalue weighted by Gasteiger charge is 2.10. The third-order valence-electron chi connectivity index (χ3n) is 1.49. The fourth-order valence-electron chi connectivity index (χ4n) is 0.817. The standard InChI is InChI=1S/C8H6FNO2S/c1-13(11,12)7-3-2-6(5-10)8(9)4-7/h2-4H,1H3. The first-order chi connectivity index (χ1) is 5.95. The van der Waals surface area contributed by atoms with E-state index in [4.69, 9.17) is 5.26 Å². The number of rotatable bonds is 1. The van der Waals surface area contributed by atoms with Gasteiger partial charge in [0, 0.05) is 6.26 Å². The predicted molar refractivity (Wildman–Crippen MR) is 44.2 cm³/mol. The molecule has 1 aromatic carbocycles. The van der Waals surface area contributed by atoms with Crippen molar-refractivity contribution < 1.29 is 12.8 Å². The van der Waals surface area contributed by atoms with E-state index in [9.17, 15) is 12.8 Å². The largest absolute Gasteiger partial charge is 0.224 e. The zero-order chi connectivity index (χ0) is 10.1. The van der Waals surface area contributed by atoms with Crippen molar-refractivity contribution in [3.63, 3.8) is 0 Å². The normalized spacial score (nSPS) is 10.8. The van der Waals surface area contributed by atoms with Gasteiger partial charge in [0.15, 0.2) is 9.84 Å². The van der Waals surface area contributed by atoms with Crippen LogP contribution in [0.25, 0.3) is 0 Å². The Morgan fingerprint density at radius 3 is 2.46 bits per heavy atom. The van der Waals surface area contributed by atoms with Gasteiger partial charge in [0.1, 0.15) is 11.9 Å². The number of halogens is 1. The molecule has 1 aromatic rings. The zero-order valence-electron chi connectivity index (χ0n) is 6.78. The Bertz CT molecular complexity index is 473. The molecule has 0 aromatic heterocycles. The van der Waals surface area contributed by atoms with Crippen LogP contribution < -0.4 is 0 Å². The molecule has 5 heteroatoms. The fraction of sp³-hybridized carbons (Fsp3) is 0.125. The van der Waals surface area contributed by atoms with Crippen molar-refractivity contribution in [2.75, 3.05) is 6.26 Å². The van der Waals surface area contributed by atoms with Crippen LogP contribution in [0, 0.1) is 17.1 Å². The lowest BCUT2D eigenvalue weighted by Crippen LogP contribution is -1.98. The lowest BCUT2D eigenvalue weighted by atomic mass is 10.2. The van der Waals surface area contributed by atoms with Gasteiger partial charge in [-0.1, -0.05) is 0 Å². The lowest BCUT2D eigenvalue weighted by molar-refractivity contribution is 0.595. The molecule has 0 bridgehead atoms. The molecule has 13 heavy (non-hydrogen) atoms. The number of benzene rings is 1. The van der Waals surface area contributed by atoms with Crippen molar-refractivity contribution >= 4 is 9.84 Å². The van der Waals surface area contributed by atoms with Crippen LogP contribution in [0.4, 0.5) is 4.39 Å². The van der Waals surface area contributed by atoms with Gasteiger partial charge in [-0.05, 0) is 18.2 Å². The average molecular weight is 199 g/mol. The van der Waals surface area contributed by atoms with Crippen LogP contribution in [0.1, 0.15) is 5.56 Å². The Balaban J connectivity index is 3.36. The third kappa shape index (κ3) is 2.04. The molecule has 0 saturated carbocycles. The van der Waals surface area contributed by atoms with Crippen LogP contribution in [0.3, 0.4) is 0 Å². The van der Waals surface area contributed by atoms with E-state index in [1.807, 2.05) is 0 Å². The summed E-state index contributed by atoms with van der Waals surface area (Å²) in [6, 6.07) is 4.80. The van der Waals surface area contributed by atoms with Crippen molar-refractivity contribution in [3.05, 3.63) is 29.6 Å². The first-order valence-corrected chi connectivity index (χ1v) is 5.24. The summed E-state index contributed by atoms with van der Waals surface area (Å²) in [7, 11) is -3.40. The van der Waals surface area contributed by atoms with E-state index in [0.29, 0.717) is 0 Å². The van der Waals surface area contributed by atoms with Crippen LogP contribution in [0.5, 0.6) is 0 Å². The number of hydrogen-bond donors (Lipinski definition) is 0. The van der Waals surface area contributed by atoms with Gasteiger partial charge in [-0.25, -0.2) is 12.8 Å². The molecule has 0 aliphatic carbocycles. The average Bonchev–Trinajstić information content (AvgIpc) is 2.02. The molecule has 0 atom stereocenters. The summed E-state index contributed by atoms with van der Waals surface area (Å²) in [5, 5.41) is 8.37. The van der Waals surface area contributed by atoms with Crippen molar-refractivity contribution in [1.29, 1.82) is 5.26 Å². The summed E-state index contributed by atoms with van der Waals surface area (Å²) < 4.78 is 34.8. The van der Waals surface area contributed by atoms with Gasteiger partial charge in [-0.15, -0.1) is 0 Å². The molecule has 68 valence electrons. The van der Waals surface area contributed by atoms with Gasteiger partial charge in [0.2, 0.25) is 0 Å². The highest BCUT2D eigenvalue weighted by atomic mass is 32.2. The molecule has 0 N–H and O–H groups in total. The SMILES string of the molecule is CS(=O)(=O)c1ccc(C#N)c(F)c1. The molecule has 0 heterocycles. The number of nitriles is 1. The molecular formula is C8H6FNO2S. The molecule has 0 unspecified atom stereocenters. The topological polar surface area (TPSA) is 57.9 Å². The minimum atomic E-state index is -3.40. The quantitative estimate of drug-likeness (QED) is 0.680. The van der Waals surface area contributed by atoms with E-state index in [2.05, 4.69) is 0 Å². The summed E-state index contributed by atoms with van der Waals surface area (Å²) in [4.78, 5) is -0.121. The molecule has 0 amide bonds. The van der Waals surface area contributed by atoms with E-state index in [-0.39, 0.29) is 10.5 Å². The Labute approximate surface area is 75.3 Å². The van der Waals surface area contributed by atoms with Crippen LogP contribution in [-0.2, 0) is 9.84 Å². The van der Waals surface area contributed by atoms with Gasteiger partial charge < -0.3 is 0 Å². The smallest absolute Gasteiger partial charge is 0.175 e. The number of nitrogens with zero attached hydrogens (tertiary/aromatic N) is 1. The van der Waals surface area contributed by atoms with E-state index in [1.54, 1.807) is 6.07 Å². The Hall–Kier alpha value is -1.41. The lowest BCUT2D eigenvalue weighted by Gasteiger charge is -1.98. The van der Waals surface area contributed by atoms with E-state index in [0.717, 1.165) is 18.4 Å². The third-order valence-corrected chi connectivity index (χ3v) is 2.60. The van der Waals surface area contributed by atoms with E-state index < -0.39 is 15.7 Å². The molecule has 1 rings (SSSR count). The molecular weight excluding hydrogens is 193 g/mol. The van der Waals surface area contributed by atoms with Crippen LogP contribution >= 0.6 is 0 Å². The summed E-state index contributed by atoms with van der Waals surface area (Å²) in [5.41, 5.74) is -0.160. The second-order valence-corrected chi connectivity index (χ2v) is 4.54. The van der Waals surface area contributed by atoms with Crippen molar-refractivity contribution in [2.45, 2.75) is 4.90 Å². The van der Waals surface area contributed by atoms with Gasteiger partial charge >= 0.3 is 0 Å². The summed E-state index contributed by atoms with van der Waals surface area (Å²) in [5.74, 6) is -0.814. The Morgan fingerprint density at radius 2 is 2.08 bits per heavy atom. The van der Waals surface area contributed by atoms with Crippen LogP contribution in [0.2, 0.25) is 0 Å². The summed E-state index contributed by atoms with van der Waals surface area (Å²) in [6.07, 6.45) is 0.980. The van der Waals surface area contributed by atoms with Crippen molar-refractivity contribution in [2.24, 2.45) is 0 Å². The van der Waals surface area contributed by atoms with Crippen molar-refractivity contribution in [1.82, 2.24) is 0 Å². The Kier molecular flexibility index (Phi) is 2.34. The molecule has 0 aliphatic rings. The van der Waals surface area contributed by atoms with Gasteiger partial charge in [0.05, 0.1) is 10.5 Å². The maximum absolute atomic E-state index is 12.9. The second kappa shape index (κ2) is 3.15. The fourth-order valence-corrected chi connectivity index (χ4v) is 1.45. The Morgan fingerprint density at radius 1 is 1.46 bits per heavy atom. The highest BCUT2D eigenvalue weighted by molar-refractivity contribution is 7.90. The summed E-state index contributed by atoms with van der Waals surface area (Å²) in [6.45, 7) is 0. The minimum absolute atomic E-state index is 0.121. The van der Waals surface area contributed by atoms with Crippen LogP contribution in [-0.4, -0.2) is 14.7 Å². The maximum atomic E-state index is 12.9. The summed E-state index contributed by atoms with van der Waals surface area (Å²) >= 11 is 0. The highest BCUT2D eigenvalue weighted by Crippen LogP contribution is 2.13. The van der Waals surface area contributed by atoms with Gasteiger partial charge in [0.25, 0.3) is 0 Å². The van der Waals surface area contributed by atoms with Crippen molar-refractivity contribution in [3.8, 4) is 6.07 Å². The molecule has 0 radical (unpaired) electrons. The molecule has 0 spiro atoms. The number of sulfone groups is 1. The zero-order valence-corrected chi connectivity index (χ0v) is 7.60. The predicted octanol–water partition coefficient (Wildman–Crippen LogP) is 1.10. The monoisotopic (exact) mass is 199 g/mol. The maximum Gasteiger partial charge on any atom is 0.175 e. The molecule has 3 nitrogen and oxygen atoms in total. The van der Waals surface area contributed by atoms with E-state index in [1.165, 1.54) is 6.07 Å². The van der Waals surface area contributed by atoms with Crippen LogP contribution in [0.15, 0.2) is 23.1 Å². The second-order valence-electron chi connectivity index (χ2n) is 2.53.